The number of carboxylic acids is 1. The van der Waals surface area contributed by atoms with Gasteiger partial charge in [-0.15, -0.1) is 0 Å². The van der Waals surface area contributed by atoms with Gasteiger partial charge in [-0.05, 0) is 22.4 Å². The van der Waals surface area contributed by atoms with Crippen molar-refractivity contribution in [2.75, 3.05) is 13.1 Å². The van der Waals surface area contributed by atoms with E-state index in [9.17, 15) is 18.4 Å². The van der Waals surface area contributed by atoms with E-state index in [4.69, 9.17) is 5.11 Å². The van der Waals surface area contributed by atoms with E-state index >= 15 is 0 Å². The molecule has 1 fully saturated rings. The molecule has 0 aliphatic carbocycles. The Labute approximate surface area is 112 Å². The van der Waals surface area contributed by atoms with Gasteiger partial charge >= 0.3 is 5.97 Å². The molecular formula is C12H13F2NO3S. The summed E-state index contributed by atoms with van der Waals surface area (Å²) in [6.07, 6.45) is -2.59. The Morgan fingerprint density at radius 1 is 1.47 bits per heavy atom. The van der Waals surface area contributed by atoms with E-state index in [0.717, 1.165) is 5.56 Å². The van der Waals surface area contributed by atoms with Crippen molar-refractivity contribution in [2.24, 2.45) is 11.8 Å². The van der Waals surface area contributed by atoms with Crippen molar-refractivity contribution in [3.05, 3.63) is 22.4 Å². The molecule has 1 aliphatic heterocycles. The molecule has 2 rings (SSSR count). The van der Waals surface area contributed by atoms with Crippen LogP contribution in [0.1, 0.15) is 5.56 Å². The second kappa shape index (κ2) is 5.64. The number of amides is 1. The van der Waals surface area contributed by atoms with E-state index in [2.05, 4.69) is 0 Å². The number of carbonyl (C=O) groups excluding carboxylic acids is 1. The van der Waals surface area contributed by atoms with Crippen molar-refractivity contribution >= 4 is 23.2 Å². The van der Waals surface area contributed by atoms with Crippen molar-refractivity contribution in [3.63, 3.8) is 0 Å². The molecule has 0 spiro atoms. The van der Waals surface area contributed by atoms with Crippen molar-refractivity contribution in [1.29, 1.82) is 0 Å². The third-order valence-electron chi connectivity index (χ3n) is 3.29. The molecule has 1 aliphatic rings. The highest BCUT2D eigenvalue weighted by Gasteiger charge is 2.44. The van der Waals surface area contributed by atoms with Gasteiger partial charge in [-0.25, -0.2) is 8.78 Å². The van der Waals surface area contributed by atoms with Crippen LogP contribution in [0.15, 0.2) is 16.8 Å². The van der Waals surface area contributed by atoms with Gasteiger partial charge in [0.25, 0.3) is 0 Å². The second-order valence-electron chi connectivity index (χ2n) is 4.55. The minimum absolute atomic E-state index is 0.131. The summed E-state index contributed by atoms with van der Waals surface area (Å²) >= 11 is 1.45. The Morgan fingerprint density at radius 2 is 2.21 bits per heavy atom. The number of hydrogen-bond donors (Lipinski definition) is 1. The smallest absolute Gasteiger partial charge is 0.308 e. The number of thiophene rings is 1. The lowest BCUT2D eigenvalue weighted by atomic mass is 9.97. The highest BCUT2D eigenvalue weighted by atomic mass is 32.1. The number of rotatable bonds is 4. The average molecular weight is 289 g/mol. The first-order valence-corrected chi connectivity index (χ1v) is 6.73. The van der Waals surface area contributed by atoms with Gasteiger partial charge in [0.15, 0.2) is 0 Å². The van der Waals surface area contributed by atoms with E-state index in [0.29, 0.717) is 0 Å². The first-order chi connectivity index (χ1) is 8.99. The Balaban J connectivity index is 2.02. The fraction of sp³-hybridized carbons (Fsp3) is 0.500. The lowest BCUT2D eigenvalue weighted by Gasteiger charge is -2.15. The van der Waals surface area contributed by atoms with E-state index in [1.165, 1.54) is 16.2 Å². The fourth-order valence-corrected chi connectivity index (χ4v) is 2.90. The quantitative estimate of drug-likeness (QED) is 0.918. The first-order valence-electron chi connectivity index (χ1n) is 5.79. The Hall–Kier alpha value is -1.50. The molecule has 4 nitrogen and oxygen atoms in total. The summed E-state index contributed by atoms with van der Waals surface area (Å²) in [5.41, 5.74) is 0.822. The molecule has 19 heavy (non-hydrogen) atoms. The van der Waals surface area contributed by atoms with Gasteiger partial charge in [0.05, 0.1) is 18.3 Å². The number of carbonyl (C=O) groups is 2. The second-order valence-corrected chi connectivity index (χ2v) is 5.33. The molecule has 1 saturated heterocycles. The summed E-state index contributed by atoms with van der Waals surface area (Å²) in [4.78, 5) is 24.1. The van der Waals surface area contributed by atoms with Crippen LogP contribution in [0.5, 0.6) is 0 Å². The number of halogens is 2. The standard InChI is InChI=1S/C12H13F2NO3S/c13-11(14)8-4-15(5-9(8)12(17)18)10(16)3-7-1-2-19-6-7/h1-2,6,8-9,11H,3-5H2,(H,17,18)/t8-,9-/m1/s1. The third-order valence-corrected chi connectivity index (χ3v) is 4.03. The number of alkyl halides is 2. The molecule has 2 atom stereocenters. The molecule has 7 heteroatoms. The van der Waals surface area contributed by atoms with Crippen molar-refractivity contribution in [1.82, 2.24) is 4.90 Å². The normalized spacial score (nSPS) is 23.0. The van der Waals surface area contributed by atoms with Gasteiger partial charge in [-0.2, -0.15) is 11.3 Å². The zero-order valence-electron chi connectivity index (χ0n) is 9.96. The topological polar surface area (TPSA) is 57.6 Å². The van der Waals surface area contributed by atoms with Gasteiger partial charge in [0, 0.05) is 13.1 Å². The largest absolute Gasteiger partial charge is 0.481 e. The monoisotopic (exact) mass is 289 g/mol. The summed E-state index contributed by atoms with van der Waals surface area (Å²) in [6.45, 7) is -0.315. The van der Waals surface area contributed by atoms with Gasteiger partial charge in [-0.1, -0.05) is 0 Å². The molecule has 1 aromatic rings. The van der Waals surface area contributed by atoms with Gasteiger partial charge in [-0.3, -0.25) is 9.59 Å². The summed E-state index contributed by atoms with van der Waals surface area (Å²) < 4.78 is 25.5. The Kier molecular flexibility index (Phi) is 4.14. The van der Waals surface area contributed by atoms with Gasteiger partial charge < -0.3 is 10.0 Å². The molecule has 1 N–H and O–H groups in total. The van der Waals surface area contributed by atoms with Crippen LogP contribution < -0.4 is 0 Å². The fourth-order valence-electron chi connectivity index (χ4n) is 2.23. The third kappa shape index (κ3) is 3.09. The van der Waals surface area contributed by atoms with Gasteiger partial charge in [0.2, 0.25) is 12.3 Å². The molecule has 1 aromatic heterocycles. The van der Waals surface area contributed by atoms with Crippen LogP contribution in [0, 0.1) is 11.8 Å². The van der Waals surface area contributed by atoms with E-state index in [1.807, 2.05) is 10.8 Å². The molecule has 104 valence electrons. The Morgan fingerprint density at radius 3 is 2.68 bits per heavy atom. The molecule has 0 aromatic carbocycles. The maximum absolute atomic E-state index is 12.8. The van der Waals surface area contributed by atoms with Crippen molar-refractivity contribution in [2.45, 2.75) is 12.8 Å². The molecule has 0 radical (unpaired) electrons. The number of aliphatic carboxylic acids is 1. The van der Waals surface area contributed by atoms with Gasteiger partial charge in [0.1, 0.15) is 0 Å². The predicted octanol–water partition coefficient (Wildman–Crippen LogP) is 1.71. The van der Waals surface area contributed by atoms with Crippen LogP contribution in [0.25, 0.3) is 0 Å². The van der Waals surface area contributed by atoms with Crippen LogP contribution in [0.3, 0.4) is 0 Å². The van der Waals surface area contributed by atoms with E-state index in [-0.39, 0.29) is 25.4 Å². The molecule has 2 heterocycles. The summed E-state index contributed by atoms with van der Waals surface area (Å²) in [5, 5.41) is 12.6. The number of nitrogens with zero attached hydrogens (tertiary/aromatic N) is 1. The minimum Gasteiger partial charge on any atom is -0.481 e. The number of likely N-dealkylation sites (tertiary alicyclic amines) is 1. The van der Waals surface area contributed by atoms with Crippen LogP contribution in [-0.2, 0) is 16.0 Å². The zero-order valence-corrected chi connectivity index (χ0v) is 10.8. The molecule has 1 amide bonds. The van der Waals surface area contributed by atoms with Crippen LogP contribution in [-0.4, -0.2) is 41.4 Å². The number of carboxylic acid groups (broad SMARTS) is 1. The van der Waals surface area contributed by atoms with Crippen molar-refractivity contribution in [3.8, 4) is 0 Å². The minimum atomic E-state index is -2.72. The zero-order chi connectivity index (χ0) is 14.0. The van der Waals surface area contributed by atoms with E-state index in [1.54, 1.807) is 6.07 Å². The molecular weight excluding hydrogens is 276 g/mol. The van der Waals surface area contributed by atoms with E-state index < -0.39 is 24.2 Å². The van der Waals surface area contributed by atoms with Crippen LogP contribution in [0.4, 0.5) is 8.78 Å². The van der Waals surface area contributed by atoms with Crippen LogP contribution >= 0.6 is 11.3 Å². The SMILES string of the molecule is O=C(O)[C@@H]1CN(C(=O)Cc2ccsc2)C[C@H]1C(F)F. The molecule has 0 saturated carbocycles. The average Bonchev–Trinajstić information content (AvgIpc) is 2.96. The number of hydrogen-bond acceptors (Lipinski definition) is 3. The maximum Gasteiger partial charge on any atom is 0.308 e. The lowest BCUT2D eigenvalue weighted by molar-refractivity contribution is -0.144. The highest BCUT2D eigenvalue weighted by molar-refractivity contribution is 7.07. The Bertz CT molecular complexity index is 464. The summed E-state index contributed by atoms with van der Waals surface area (Å²) in [7, 11) is 0. The highest BCUT2D eigenvalue weighted by Crippen LogP contribution is 2.29. The predicted molar refractivity (Wildman–Crippen MR) is 65.2 cm³/mol. The first kappa shape index (κ1) is 13.9. The molecule has 0 unspecified atom stereocenters. The summed E-state index contributed by atoms with van der Waals surface area (Å²) in [6, 6.07) is 1.79. The van der Waals surface area contributed by atoms with Crippen LogP contribution in [0.2, 0.25) is 0 Å². The summed E-state index contributed by atoms with van der Waals surface area (Å²) in [5.74, 6) is -4.01. The molecule has 0 bridgehead atoms. The maximum atomic E-state index is 12.8. The lowest BCUT2D eigenvalue weighted by Crippen LogP contribution is -2.31. The van der Waals surface area contributed by atoms with Crippen molar-refractivity contribution < 1.29 is 23.5 Å².